The highest BCUT2D eigenvalue weighted by molar-refractivity contribution is 6.03. The third-order valence-electron chi connectivity index (χ3n) is 4.24. The van der Waals surface area contributed by atoms with Gasteiger partial charge in [0.25, 0.3) is 0 Å². The Morgan fingerprint density at radius 2 is 2.20 bits per heavy atom. The normalized spacial score (nSPS) is 18.9. The van der Waals surface area contributed by atoms with Crippen LogP contribution in [0.3, 0.4) is 0 Å². The molecule has 20 heavy (non-hydrogen) atoms. The molecule has 1 unspecified atom stereocenters. The summed E-state index contributed by atoms with van der Waals surface area (Å²) in [7, 11) is 0. The summed E-state index contributed by atoms with van der Waals surface area (Å²) in [6.07, 6.45) is 2.81. The number of aryl methyl sites for hydroxylation is 1. The van der Waals surface area contributed by atoms with Crippen LogP contribution in [0, 0.1) is 5.92 Å². The van der Waals surface area contributed by atoms with E-state index < -0.39 is 5.91 Å². The van der Waals surface area contributed by atoms with Crippen molar-refractivity contribution in [1.82, 2.24) is 4.57 Å². The van der Waals surface area contributed by atoms with Crippen LogP contribution in [0.5, 0.6) is 0 Å². The molecule has 0 bridgehead atoms. The van der Waals surface area contributed by atoms with Crippen molar-refractivity contribution in [3.63, 3.8) is 0 Å². The van der Waals surface area contributed by atoms with Gasteiger partial charge in [-0.15, -0.1) is 0 Å². The van der Waals surface area contributed by atoms with E-state index in [0.717, 1.165) is 42.4 Å². The number of carbonyl (C=O) groups excluding carboxylic acids is 2. The summed E-state index contributed by atoms with van der Waals surface area (Å²) in [5.74, 6) is -0.0909. The van der Waals surface area contributed by atoms with Crippen LogP contribution in [-0.2, 0) is 6.54 Å². The first kappa shape index (κ1) is 12.9. The molecule has 0 radical (unpaired) electrons. The number of nitrogens with zero attached hydrogens (tertiary/aromatic N) is 1. The van der Waals surface area contributed by atoms with Gasteiger partial charge in [-0.3, -0.25) is 9.59 Å². The Bertz CT molecular complexity index is 700. The van der Waals surface area contributed by atoms with E-state index in [9.17, 15) is 9.59 Å². The molecular weight excluding hydrogens is 252 g/mol. The molecule has 2 aromatic rings. The van der Waals surface area contributed by atoms with Crippen molar-refractivity contribution in [2.45, 2.75) is 32.7 Å². The van der Waals surface area contributed by atoms with Crippen LogP contribution in [0.4, 0.5) is 0 Å². The predicted molar refractivity (Wildman–Crippen MR) is 77.8 cm³/mol. The molecule has 0 saturated heterocycles. The summed E-state index contributed by atoms with van der Waals surface area (Å²) in [5, 5.41) is 0.995. The SMILES string of the molecule is CCC1CCCn2c(cc3ccc(C(N)=O)cc32)C1=O. The minimum absolute atomic E-state index is 0.121. The summed E-state index contributed by atoms with van der Waals surface area (Å²) in [5.41, 5.74) is 7.53. The van der Waals surface area contributed by atoms with E-state index in [1.165, 1.54) is 0 Å². The predicted octanol–water partition coefficient (Wildman–Crippen LogP) is 2.74. The van der Waals surface area contributed by atoms with Crippen molar-refractivity contribution in [2.24, 2.45) is 11.7 Å². The molecule has 1 aliphatic rings. The molecule has 2 N–H and O–H groups in total. The Balaban J connectivity index is 2.19. The van der Waals surface area contributed by atoms with Crippen molar-refractivity contribution >= 4 is 22.6 Å². The number of aromatic nitrogens is 1. The third kappa shape index (κ3) is 1.92. The second kappa shape index (κ2) is 4.78. The highest BCUT2D eigenvalue weighted by Crippen LogP contribution is 2.29. The number of Topliss-reactive ketones (excluding diaryl/α,β-unsaturated/α-hetero) is 1. The number of hydrogen-bond donors (Lipinski definition) is 1. The zero-order valence-electron chi connectivity index (χ0n) is 11.6. The first-order valence-electron chi connectivity index (χ1n) is 7.09. The van der Waals surface area contributed by atoms with Crippen LogP contribution in [0.25, 0.3) is 10.9 Å². The van der Waals surface area contributed by atoms with Crippen LogP contribution < -0.4 is 5.73 Å². The van der Waals surface area contributed by atoms with Crippen molar-refractivity contribution in [3.05, 3.63) is 35.5 Å². The minimum atomic E-state index is -0.436. The van der Waals surface area contributed by atoms with Crippen LogP contribution in [0.2, 0.25) is 0 Å². The quantitative estimate of drug-likeness (QED) is 0.911. The Morgan fingerprint density at radius 1 is 1.40 bits per heavy atom. The summed E-state index contributed by atoms with van der Waals surface area (Å²) in [4.78, 5) is 23.9. The fourth-order valence-electron chi connectivity index (χ4n) is 3.08. The number of fused-ring (bicyclic) bond motifs is 3. The van der Waals surface area contributed by atoms with Crippen LogP contribution in [0.15, 0.2) is 24.3 Å². The average molecular weight is 270 g/mol. The maximum atomic E-state index is 12.5. The maximum Gasteiger partial charge on any atom is 0.248 e. The van der Waals surface area contributed by atoms with Gasteiger partial charge in [0, 0.05) is 28.9 Å². The van der Waals surface area contributed by atoms with Gasteiger partial charge in [0.1, 0.15) is 0 Å². The monoisotopic (exact) mass is 270 g/mol. The summed E-state index contributed by atoms with van der Waals surface area (Å²) in [6.45, 7) is 2.88. The Hall–Kier alpha value is -2.10. The van der Waals surface area contributed by atoms with E-state index >= 15 is 0 Å². The second-order valence-electron chi connectivity index (χ2n) is 5.43. The maximum absolute atomic E-state index is 12.5. The zero-order valence-corrected chi connectivity index (χ0v) is 11.6. The number of rotatable bonds is 2. The lowest BCUT2D eigenvalue weighted by molar-refractivity contribution is 0.0908. The molecule has 4 nitrogen and oxygen atoms in total. The molecule has 4 heteroatoms. The van der Waals surface area contributed by atoms with E-state index in [1.807, 2.05) is 16.7 Å². The molecule has 1 aliphatic heterocycles. The first-order valence-corrected chi connectivity index (χ1v) is 7.09. The van der Waals surface area contributed by atoms with Gasteiger partial charge in [0.15, 0.2) is 5.78 Å². The standard InChI is InChI=1S/C16H18N2O2/c1-2-10-4-3-7-18-13-9-12(16(17)20)6-5-11(13)8-14(18)15(10)19/h5-6,8-10H,2-4,7H2,1H3,(H2,17,20). The van der Waals surface area contributed by atoms with Crippen molar-refractivity contribution in [2.75, 3.05) is 0 Å². The van der Waals surface area contributed by atoms with Gasteiger partial charge in [-0.1, -0.05) is 13.0 Å². The number of carbonyl (C=O) groups is 2. The molecule has 1 amide bonds. The molecule has 0 spiro atoms. The highest BCUT2D eigenvalue weighted by atomic mass is 16.1. The molecular formula is C16H18N2O2. The van der Waals surface area contributed by atoms with Gasteiger partial charge in [-0.2, -0.15) is 0 Å². The number of benzene rings is 1. The lowest BCUT2D eigenvalue weighted by atomic mass is 9.95. The van der Waals surface area contributed by atoms with Crippen molar-refractivity contribution in [1.29, 1.82) is 0 Å². The van der Waals surface area contributed by atoms with Gasteiger partial charge < -0.3 is 10.3 Å². The largest absolute Gasteiger partial charge is 0.366 e. The van der Waals surface area contributed by atoms with E-state index in [2.05, 4.69) is 6.92 Å². The first-order chi connectivity index (χ1) is 9.61. The fraction of sp³-hybridized carbons (Fsp3) is 0.375. The molecule has 1 aromatic carbocycles. The van der Waals surface area contributed by atoms with Crippen molar-refractivity contribution in [3.8, 4) is 0 Å². The molecule has 0 saturated carbocycles. The molecule has 2 heterocycles. The number of primary amides is 1. The van der Waals surface area contributed by atoms with E-state index in [1.54, 1.807) is 12.1 Å². The summed E-state index contributed by atoms with van der Waals surface area (Å²) < 4.78 is 2.04. The minimum Gasteiger partial charge on any atom is -0.366 e. The number of amides is 1. The molecule has 104 valence electrons. The number of hydrogen-bond acceptors (Lipinski definition) is 2. The Kier molecular flexibility index (Phi) is 3.08. The second-order valence-corrected chi connectivity index (χ2v) is 5.43. The summed E-state index contributed by atoms with van der Waals surface area (Å²) in [6, 6.07) is 7.31. The number of ketones is 1. The molecule has 0 fully saturated rings. The molecule has 1 aromatic heterocycles. The van der Waals surface area contributed by atoms with Gasteiger partial charge in [0.2, 0.25) is 5.91 Å². The molecule has 3 rings (SSSR count). The van der Waals surface area contributed by atoms with E-state index in [4.69, 9.17) is 5.73 Å². The fourth-order valence-corrected chi connectivity index (χ4v) is 3.08. The van der Waals surface area contributed by atoms with Crippen LogP contribution in [-0.4, -0.2) is 16.3 Å². The van der Waals surface area contributed by atoms with Crippen LogP contribution in [0.1, 0.15) is 47.0 Å². The third-order valence-corrected chi connectivity index (χ3v) is 4.24. The molecule has 0 aliphatic carbocycles. The lowest BCUT2D eigenvalue weighted by Gasteiger charge is -2.08. The topological polar surface area (TPSA) is 65.1 Å². The van der Waals surface area contributed by atoms with E-state index in [0.29, 0.717) is 5.56 Å². The lowest BCUT2D eigenvalue weighted by Crippen LogP contribution is -2.14. The molecule has 1 atom stereocenters. The summed E-state index contributed by atoms with van der Waals surface area (Å²) >= 11 is 0. The highest BCUT2D eigenvalue weighted by Gasteiger charge is 2.25. The van der Waals surface area contributed by atoms with Gasteiger partial charge in [-0.05, 0) is 37.5 Å². The average Bonchev–Trinajstić information content (AvgIpc) is 2.73. The number of nitrogens with two attached hydrogens (primary N) is 1. The van der Waals surface area contributed by atoms with Gasteiger partial charge in [-0.25, -0.2) is 0 Å². The van der Waals surface area contributed by atoms with Crippen molar-refractivity contribution < 1.29 is 9.59 Å². The Morgan fingerprint density at radius 3 is 2.90 bits per heavy atom. The Labute approximate surface area is 117 Å². The van der Waals surface area contributed by atoms with E-state index in [-0.39, 0.29) is 11.7 Å². The zero-order chi connectivity index (χ0) is 14.3. The van der Waals surface area contributed by atoms with Crippen LogP contribution >= 0.6 is 0 Å². The smallest absolute Gasteiger partial charge is 0.248 e. The van der Waals surface area contributed by atoms with Gasteiger partial charge in [0.05, 0.1) is 5.69 Å². The van der Waals surface area contributed by atoms with Gasteiger partial charge >= 0.3 is 0 Å².